The second-order valence-corrected chi connectivity index (χ2v) is 9.82. The number of nitrogens with one attached hydrogen (secondary N) is 1. The lowest BCUT2D eigenvalue weighted by atomic mass is 10.0. The number of benzene rings is 4. The normalized spacial score (nSPS) is 13.8. The van der Waals surface area contributed by atoms with Crippen molar-refractivity contribution in [3.8, 4) is 0 Å². The van der Waals surface area contributed by atoms with Gasteiger partial charge in [-0.3, -0.25) is 0 Å². The Kier molecular flexibility index (Phi) is 4.35. The van der Waals surface area contributed by atoms with Gasteiger partial charge in [0.05, 0.1) is 22.1 Å². The number of anilines is 2. The molecule has 1 aliphatic rings. The molecule has 0 saturated heterocycles. The second-order valence-electron chi connectivity index (χ2n) is 9.82. The first kappa shape index (κ1) is 20.4. The zero-order valence-electron chi connectivity index (χ0n) is 20.4. The number of aromatic nitrogens is 2. The largest absolute Gasteiger partial charge is 0.353 e. The summed E-state index contributed by atoms with van der Waals surface area (Å²) in [6.45, 7) is 0. The number of hydrogen-bond acceptors (Lipinski definition) is 1. The molecular formula is C34H25N3. The summed E-state index contributed by atoms with van der Waals surface area (Å²) in [6.07, 6.45) is 9.03. The molecule has 7 aromatic rings. The molecule has 3 heterocycles. The Morgan fingerprint density at radius 3 is 2.16 bits per heavy atom. The highest BCUT2D eigenvalue weighted by Crippen LogP contribution is 2.39. The minimum absolute atomic E-state index is 1.06. The lowest BCUT2D eigenvalue weighted by Crippen LogP contribution is -2.16. The van der Waals surface area contributed by atoms with Gasteiger partial charge in [-0.05, 0) is 66.8 Å². The van der Waals surface area contributed by atoms with Crippen molar-refractivity contribution in [3.63, 3.8) is 0 Å². The van der Waals surface area contributed by atoms with E-state index in [9.17, 15) is 0 Å². The number of H-pyrrole nitrogens is 1. The fourth-order valence-corrected chi connectivity index (χ4v) is 6.07. The summed E-state index contributed by atoms with van der Waals surface area (Å²) in [5.41, 5.74) is 9.57. The van der Waals surface area contributed by atoms with Crippen LogP contribution < -0.4 is 4.90 Å². The van der Waals surface area contributed by atoms with Crippen LogP contribution in [0.5, 0.6) is 0 Å². The number of hydrogen-bond donors (Lipinski definition) is 1. The number of para-hydroxylation sites is 2. The molecule has 176 valence electrons. The first-order valence-electron chi connectivity index (χ1n) is 12.9. The van der Waals surface area contributed by atoms with E-state index in [1.165, 1.54) is 49.5 Å². The Morgan fingerprint density at radius 1 is 0.595 bits per heavy atom. The third-order valence-corrected chi connectivity index (χ3v) is 7.67. The SMILES string of the molecule is C1=CC(N(c2ccccc2)c2ccc3[nH]c4cc5c6ccccc6c6ccccc6n5c4c3c2)=CCC1. The summed E-state index contributed by atoms with van der Waals surface area (Å²) < 4.78 is 2.45. The quantitative estimate of drug-likeness (QED) is 0.253. The van der Waals surface area contributed by atoms with Gasteiger partial charge >= 0.3 is 0 Å². The van der Waals surface area contributed by atoms with Gasteiger partial charge < -0.3 is 14.3 Å². The Morgan fingerprint density at radius 2 is 1.35 bits per heavy atom. The summed E-state index contributed by atoms with van der Waals surface area (Å²) in [7, 11) is 0. The Labute approximate surface area is 214 Å². The van der Waals surface area contributed by atoms with Gasteiger partial charge in [0.2, 0.25) is 0 Å². The highest BCUT2D eigenvalue weighted by atomic mass is 15.1. The van der Waals surface area contributed by atoms with Gasteiger partial charge in [0.25, 0.3) is 0 Å². The molecule has 0 radical (unpaired) electrons. The van der Waals surface area contributed by atoms with Crippen LogP contribution in [0.25, 0.3) is 49.1 Å². The molecule has 0 bridgehead atoms. The molecule has 0 atom stereocenters. The number of pyridine rings is 1. The predicted molar refractivity (Wildman–Crippen MR) is 157 cm³/mol. The van der Waals surface area contributed by atoms with E-state index in [0.717, 1.165) is 29.6 Å². The summed E-state index contributed by atoms with van der Waals surface area (Å²) >= 11 is 0. The number of nitrogens with zero attached hydrogens (tertiary/aromatic N) is 2. The molecule has 37 heavy (non-hydrogen) atoms. The molecule has 3 heteroatoms. The monoisotopic (exact) mass is 475 g/mol. The first-order chi connectivity index (χ1) is 18.4. The summed E-state index contributed by atoms with van der Waals surface area (Å²) in [6, 6.07) is 37.3. The Balaban J connectivity index is 1.46. The third-order valence-electron chi connectivity index (χ3n) is 7.67. The van der Waals surface area contributed by atoms with Gasteiger partial charge in [-0.25, -0.2) is 0 Å². The summed E-state index contributed by atoms with van der Waals surface area (Å²) in [5.74, 6) is 0. The van der Waals surface area contributed by atoms with Crippen molar-refractivity contribution in [3.05, 3.63) is 127 Å². The van der Waals surface area contributed by atoms with Gasteiger partial charge in [0.1, 0.15) is 0 Å². The van der Waals surface area contributed by atoms with Crippen molar-refractivity contribution >= 4 is 60.5 Å². The van der Waals surface area contributed by atoms with Gasteiger partial charge in [0.15, 0.2) is 0 Å². The van der Waals surface area contributed by atoms with Gasteiger partial charge in [-0.2, -0.15) is 0 Å². The van der Waals surface area contributed by atoms with E-state index < -0.39 is 0 Å². The number of fused-ring (bicyclic) bond motifs is 10. The van der Waals surface area contributed by atoms with Crippen LogP contribution >= 0.6 is 0 Å². The Bertz CT molecular complexity index is 2000. The molecule has 3 nitrogen and oxygen atoms in total. The molecule has 0 unspecified atom stereocenters. The van der Waals surface area contributed by atoms with Crippen LogP contribution in [0.1, 0.15) is 12.8 Å². The van der Waals surface area contributed by atoms with Crippen molar-refractivity contribution in [2.24, 2.45) is 0 Å². The van der Waals surface area contributed by atoms with Crippen molar-refractivity contribution in [2.45, 2.75) is 12.8 Å². The average molecular weight is 476 g/mol. The molecule has 3 aromatic heterocycles. The minimum Gasteiger partial charge on any atom is -0.353 e. The number of allylic oxidation sites excluding steroid dienone is 3. The van der Waals surface area contributed by atoms with Crippen molar-refractivity contribution in [1.82, 2.24) is 9.38 Å². The van der Waals surface area contributed by atoms with Crippen molar-refractivity contribution < 1.29 is 0 Å². The molecule has 0 amide bonds. The zero-order valence-corrected chi connectivity index (χ0v) is 20.4. The molecule has 0 aliphatic heterocycles. The van der Waals surface area contributed by atoms with Crippen LogP contribution in [0, 0.1) is 0 Å². The Hall–Kier alpha value is -4.76. The van der Waals surface area contributed by atoms with E-state index >= 15 is 0 Å². The molecule has 4 aromatic carbocycles. The van der Waals surface area contributed by atoms with E-state index in [-0.39, 0.29) is 0 Å². The molecule has 1 N–H and O–H groups in total. The van der Waals surface area contributed by atoms with E-state index in [4.69, 9.17) is 0 Å². The lowest BCUT2D eigenvalue weighted by Gasteiger charge is -2.27. The summed E-state index contributed by atoms with van der Waals surface area (Å²) in [5, 5.41) is 5.08. The minimum atomic E-state index is 1.06. The average Bonchev–Trinajstić information content (AvgIpc) is 3.51. The predicted octanol–water partition coefficient (Wildman–Crippen LogP) is 9.25. The fourth-order valence-electron chi connectivity index (χ4n) is 6.07. The van der Waals surface area contributed by atoms with Crippen LogP contribution in [0.3, 0.4) is 0 Å². The third kappa shape index (κ3) is 3.01. The topological polar surface area (TPSA) is 23.4 Å². The smallest absolute Gasteiger partial charge is 0.0792 e. The molecule has 0 fully saturated rings. The maximum absolute atomic E-state index is 3.71. The molecule has 0 saturated carbocycles. The van der Waals surface area contributed by atoms with E-state index in [0.29, 0.717) is 0 Å². The second kappa shape index (κ2) is 7.87. The van der Waals surface area contributed by atoms with E-state index in [1.807, 2.05) is 0 Å². The van der Waals surface area contributed by atoms with Crippen LogP contribution in [0.4, 0.5) is 11.4 Å². The van der Waals surface area contributed by atoms with Crippen LogP contribution in [-0.2, 0) is 0 Å². The van der Waals surface area contributed by atoms with E-state index in [2.05, 4.69) is 136 Å². The summed E-state index contributed by atoms with van der Waals surface area (Å²) in [4.78, 5) is 6.09. The van der Waals surface area contributed by atoms with Crippen LogP contribution in [0.15, 0.2) is 127 Å². The van der Waals surface area contributed by atoms with Crippen LogP contribution in [-0.4, -0.2) is 9.38 Å². The zero-order chi connectivity index (χ0) is 24.3. The number of aromatic amines is 1. The van der Waals surface area contributed by atoms with Crippen molar-refractivity contribution in [2.75, 3.05) is 4.90 Å². The highest BCUT2D eigenvalue weighted by molar-refractivity contribution is 6.19. The number of rotatable bonds is 3. The molecule has 8 rings (SSSR count). The molecule has 1 aliphatic carbocycles. The highest BCUT2D eigenvalue weighted by Gasteiger charge is 2.19. The van der Waals surface area contributed by atoms with Gasteiger partial charge in [-0.15, -0.1) is 0 Å². The van der Waals surface area contributed by atoms with Gasteiger partial charge in [0, 0.05) is 38.7 Å². The van der Waals surface area contributed by atoms with Crippen molar-refractivity contribution in [1.29, 1.82) is 0 Å². The maximum Gasteiger partial charge on any atom is 0.0792 e. The molecular weight excluding hydrogens is 450 g/mol. The standard InChI is InChI=1S/C34H25N3/c1-3-11-23(12-4-1)36(24-13-5-2-6-14-24)25-19-20-30-29(21-25)34-31(35-30)22-33-28-17-8-7-15-26(28)27-16-9-10-18-32(27)37(33)34/h1,3-5,7-22,35H,2,6H2. The van der Waals surface area contributed by atoms with E-state index in [1.54, 1.807) is 0 Å². The van der Waals surface area contributed by atoms with Gasteiger partial charge in [-0.1, -0.05) is 72.8 Å². The maximum atomic E-state index is 3.71. The molecule has 0 spiro atoms. The first-order valence-corrected chi connectivity index (χ1v) is 12.9. The fraction of sp³-hybridized carbons (Fsp3) is 0.0588. The van der Waals surface area contributed by atoms with Crippen LogP contribution in [0.2, 0.25) is 0 Å². The lowest BCUT2D eigenvalue weighted by molar-refractivity contribution is 0.997.